The van der Waals surface area contributed by atoms with Gasteiger partial charge in [-0.2, -0.15) is 0 Å². The Hall–Kier alpha value is -2.81. The molecule has 1 rings (SSSR count). The van der Waals surface area contributed by atoms with E-state index < -0.39 is 36.5 Å². The van der Waals surface area contributed by atoms with Crippen molar-refractivity contribution >= 4 is 17.8 Å². The minimum absolute atomic E-state index is 0.0588. The summed E-state index contributed by atoms with van der Waals surface area (Å²) in [5.74, 6) is -3.26. The van der Waals surface area contributed by atoms with E-state index in [1.54, 1.807) is 6.07 Å². The smallest absolute Gasteiger partial charge is 0.323 e. The molecule has 0 aliphatic heterocycles. The van der Waals surface area contributed by atoms with E-state index >= 15 is 0 Å². The molecule has 0 aliphatic rings. The molecule has 0 heterocycles. The van der Waals surface area contributed by atoms with Crippen molar-refractivity contribution in [2.24, 2.45) is 5.92 Å². The third-order valence-electron chi connectivity index (χ3n) is 4.17. The Morgan fingerprint density at radius 1 is 1.07 bits per heavy atom. The van der Waals surface area contributed by atoms with Crippen LogP contribution in [0.4, 0.5) is 0 Å². The number of hydrogen-bond acceptors (Lipinski definition) is 6. The average Bonchev–Trinajstić information content (AvgIpc) is 2.59. The van der Waals surface area contributed by atoms with Gasteiger partial charge < -0.3 is 25.3 Å². The molecule has 1 amide bonds. The molecule has 1 aromatic carbocycles. The second-order valence-corrected chi connectivity index (χ2v) is 7.14. The summed E-state index contributed by atoms with van der Waals surface area (Å²) in [4.78, 5) is 36.3. The monoisotopic (exact) mass is 396 g/mol. The molecule has 0 fully saturated rings. The number of nitrogens with one attached hydrogen (secondary N) is 1. The van der Waals surface area contributed by atoms with E-state index in [0.29, 0.717) is 12.0 Å². The molecule has 2 atom stereocenters. The summed E-state index contributed by atoms with van der Waals surface area (Å²) in [6, 6.07) is 2.40. The zero-order valence-electron chi connectivity index (χ0n) is 16.3. The average molecular weight is 396 g/mol. The predicted molar refractivity (Wildman–Crippen MR) is 101 cm³/mol. The Balaban J connectivity index is 2.83. The molecular formula is C19H28N2O7. The number of carbonyl (C=O) groups excluding carboxylic acids is 1. The second-order valence-electron chi connectivity index (χ2n) is 7.14. The molecule has 0 bridgehead atoms. The van der Waals surface area contributed by atoms with E-state index in [1.165, 1.54) is 19.1 Å². The van der Waals surface area contributed by atoms with Crippen molar-refractivity contribution in [3.05, 3.63) is 23.8 Å². The third-order valence-corrected chi connectivity index (χ3v) is 4.17. The van der Waals surface area contributed by atoms with Gasteiger partial charge in [0.15, 0.2) is 11.5 Å². The number of hydrogen-bond donors (Lipinski definition) is 5. The van der Waals surface area contributed by atoms with Gasteiger partial charge in [0.1, 0.15) is 12.6 Å². The third kappa shape index (κ3) is 7.43. The predicted octanol–water partition coefficient (Wildman–Crippen LogP) is 1.03. The molecule has 9 nitrogen and oxygen atoms in total. The van der Waals surface area contributed by atoms with Crippen LogP contribution in [0.3, 0.4) is 0 Å². The van der Waals surface area contributed by atoms with Gasteiger partial charge in [-0.3, -0.25) is 19.7 Å². The van der Waals surface area contributed by atoms with Gasteiger partial charge in [0.25, 0.3) is 0 Å². The fourth-order valence-corrected chi connectivity index (χ4v) is 2.78. The highest BCUT2D eigenvalue weighted by Crippen LogP contribution is 2.25. The molecular weight excluding hydrogens is 368 g/mol. The normalized spacial score (nSPS) is 13.1. The number of carboxylic acid groups (broad SMARTS) is 2. The molecule has 0 saturated carbocycles. The van der Waals surface area contributed by atoms with Crippen molar-refractivity contribution in [3.63, 3.8) is 0 Å². The van der Waals surface area contributed by atoms with Gasteiger partial charge in [0, 0.05) is 6.54 Å². The molecule has 5 N–H and O–H groups in total. The first kappa shape index (κ1) is 23.2. The van der Waals surface area contributed by atoms with Crippen LogP contribution in [-0.4, -0.2) is 68.3 Å². The molecule has 156 valence electrons. The second kappa shape index (κ2) is 10.5. The largest absolute Gasteiger partial charge is 0.504 e. The summed E-state index contributed by atoms with van der Waals surface area (Å²) in [6.07, 6.45) is 0.590. The van der Waals surface area contributed by atoms with Crippen molar-refractivity contribution < 1.29 is 34.8 Å². The number of phenols is 2. The first-order valence-corrected chi connectivity index (χ1v) is 9.01. The molecule has 0 aromatic heterocycles. The highest BCUT2D eigenvalue weighted by molar-refractivity contribution is 5.86. The molecule has 1 aromatic rings. The zero-order valence-corrected chi connectivity index (χ0v) is 16.3. The first-order chi connectivity index (χ1) is 13.0. The van der Waals surface area contributed by atoms with Gasteiger partial charge in [-0.1, -0.05) is 19.9 Å². The maximum atomic E-state index is 12.7. The van der Waals surface area contributed by atoms with E-state index in [2.05, 4.69) is 5.32 Å². The number of carboxylic acids is 2. The standard InChI is InChI=1S/C19H28N2O7/c1-11(2)8-14(19(27)28)20-12(3)18(26)21(10-17(24)25)7-6-13-4-5-15(22)16(23)9-13/h4-5,9,11-12,14,20,22-23H,6-8,10H2,1-3H3,(H,24,25)(H,27,28)/t12-,14?/m0/s1. The van der Waals surface area contributed by atoms with Crippen LogP contribution in [-0.2, 0) is 20.8 Å². The lowest BCUT2D eigenvalue weighted by molar-refractivity contribution is -0.146. The van der Waals surface area contributed by atoms with Crippen LogP contribution in [0.15, 0.2) is 18.2 Å². The number of phenolic OH excluding ortho intramolecular Hbond substituents is 2. The van der Waals surface area contributed by atoms with Crippen LogP contribution in [0.25, 0.3) is 0 Å². The Labute approximate surface area is 163 Å². The lowest BCUT2D eigenvalue weighted by Crippen LogP contribution is -2.52. The minimum atomic E-state index is -1.19. The number of aromatic hydroxyl groups is 2. The van der Waals surface area contributed by atoms with Crippen LogP contribution in [0.2, 0.25) is 0 Å². The van der Waals surface area contributed by atoms with E-state index in [-0.39, 0.29) is 30.4 Å². The van der Waals surface area contributed by atoms with Gasteiger partial charge in [0.05, 0.1) is 6.04 Å². The summed E-state index contributed by atoms with van der Waals surface area (Å²) in [5.41, 5.74) is 0.613. The van der Waals surface area contributed by atoms with Crippen LogP contribution in [0.1, 0.15) is 32.8 Å². The molecule has 0 aliphatic carbocycles. The van der Waals surface area contributed by atoms with Gasteiger partial charge in [-0.25, -0.2) is 0 Å². The molecule has 1 unspecified atom stereocenters. The van der Waals surface area contributed by atoms with Gasteiger partial charge in [-0.15, -0.1) is 0 Å². The van der Waals surface area contributed by atoms with Crippen molar-refractivity contribution in [1.82, 2.24) is 10.2 Å². The van der Waals surface area contributed by atoms with Crippen LogP contribution in [0, 0.1) is 5.92 Å². The quantitative estimate of drug-likeness (QED) is 0.348. The van der Waals surface area contributed by atoms with Gasteiger partial charge in [0.2, 0.25) is 5.91 Å². The van der Waals surface area contributed by atoms with E-state index in [1.807, 2.05) is 13.8 Å². The highest BCUT2D eigenvalue weighted by Gasteiger charge is 2.27. The fraction of sp³-hybridized carbons (Fsp3) is 0.526. The van der Waals surface area contributed by atoms with Crippen LogP contribution < -0.4 is 5.32 Å². The van der Waals surface area contributed by atoms with Crippen molar-refractivity contribution in [2.75, 3.05) is 13.1 Å². The van der Waals surface area contributed by atoms with E-state index in [9.17, 15) is 29.7 Å². The summed E-state index contributed by atoms with van der Waals surface area (Å²) in [6.45, 7) is 4.77. The minimum Gasteiger partial charge on any atom is -0.504 e. The Morgan fingerprint density at radius 2 is 1.71 bits per heavy atom. The molecule has 0 radical (unpaired) electrons. The highest BCUT2D eigenvalue weighted by atomic mass is 16.4. The number of aliphatic carboxylic acids is 2. The Morgan fingerprint density at radius 3 is 2.21 bits per heavy atom. The van der Waals surface area contributed by atoms with Crippen LogP contribution >= 0.6 is 0 Å². The van der Waals surface area contributed by atoms with E-state index in [0.717, 1.165) is 4.90 Å². The summed E-state index contributed by atoms with van der Waals surface area (Å²) >= 11 is 0. The maximum absolute atomic E-state index is 12.7. The molecule has 0 spiro atoms. The number of carbonyl (C=O) groups is 3. The van der Waals surface area contributed by atoms with Crippen molar-refractivity contribution in [1.29, 1.82) is 0 Å². The topological polar surface area (TPSA) is 147 Å². The number of amides is 1. The summed E-state index contributed by atoms with van der Waals surface area (Å²) in [7, 11) is 0. The molecule has 28 heavy (non-hydrogen) atoms. The van der Waals surface area contributed by atoms with Gasteiger partial charge in [-0.05, 0) is 43.4 Å². The van der Waals surface area contributed by atoms with Crippen LogP contribution in [0.5, 0.6) is 11.5 Å². The Bertz CT molecular complexity index is 706. The lowest BCUT2D eigenvalue weighted by atomic mass is 10.0. The van der Waals surface area contributed by atoms with Crippen molar-refractivity contribution in [2.45, 2.75) is 45.7 Å². The fourth-order valence-electron chi connectivity index (χ4n) is 2.78. The lowest BCUT2D eigenvalue weighted by Gasteiger charge is -2.27. The molecule has 0 saturated heterocycles. The Kier molecular flexibility index (Phi) is 8.72. The number of rotatable bonds is 11. The number of nitrogens with zero attached hydrogens (tertiary/aromatic N) is 1. The first-order valence-electron chi connectivity index (χ1n) is 9.01. The summed E-state index contributed by atoms with van der Waals surface area (Å²) < 4.78 is 0. The summed E-state index contributed by atoms with van der Waals surface area (Å²) in [5, 5.41) is 40.1. The molecule has 9 heteroatoms. The van der Waals surface area contributed by atoms with Crippen molar-refractivity contribution in [3.8, 4) is 11.5 Å². The SMILES string of the molecule is CC(C)CC(N[C@@H](C)C(=O)N(CCc1ccc(O)c(O)c1)CC(=O)O)C(=O)O. The van der Waals surface area contributed by atoms with E-state index in [4.69, 9.17) is 5.11 Å². The number of benzene rings is 1. The maximum Gasteiger partial charge on any atom is 0.323 e. The van der Waals surface area contributed by atoms with Gasteiger partial charge >= 0.3 is 11.9 Å². The zero-order chi connectivity index (χ0) is 21.4.